The predicted molar refractivity (Wildman–Crippen MR) is 161 cm³/mol. The van der Waals surface area contributed by atoms with Crippen LogP contribution in [0.5, 0.6) is 0 Å². The fraction of sp³-hybridized carbons (Fsp3) is 0.406. The first-order valence-electron chi connectivity index (χ1n) is 14.4. The number of primary amides is 1. The van der Waals surface area contributed by atoms with E-state index in [4.69, 9.17) is 22.1 Å². The molecule has 2 heterocycles. The van der Waals surface area contributed by atoms with Crippen molar-refractivity contribution in [1.82, 2.24) is 4.90 Å². The summed E-state index contributed by atoms with van der Waals surface area (Å²) < 4.78 is 49.6. The number of carbonyl (C=O) groups is 1. The number of likely N-dealkylation sites (tertiary alicyclic amines) is 1. The van der Waals surface area contributed by atoms with Gasteiger partial charge >= 0.3 is 0 Å². The number of ether oxygens (including phenoxy) is 1. The third kappa shape index (κ3) is 5.10. The van der Waals surface area contributed by atoms with Gasteiger partial charge in [0.1, 0.15) is 5.82 Å². The molecule has 3 aromatic rings. The first kappa shape index (κ1) is 29.1. The molecule has 42 heavy (non-hydrogen) atoms. The average Bonchev–Trinajstić information content (AvgIpc) is 3.77. The Morgan fingerprint density at radius 2 is 1.86 bits per heavy atom. The number of nitrogens with two attached hydrogens (primary N) is 1. The Balaban J connectivity index is 1.50. The zero-order valence-electron chi connectivity index (χ0n) is 23.5. The molecular weight excluding hydrogens is 577 g/mol. The molecule has 3 aliphatic rings. The predicted octanol–water partition coefficient (Wildman–Crippen LogP) is 5.16. The Morgan fingerprint density at radius 1 is 1.12 bits per heavy atom. The largest absolute Gasteiger partial charge is 0.383 e. The van der Waals surface area contributed by atoms with Crippen LogP contribution in [-0.2, 0) is 26.6 Å². The first-order valence-corrected chi connectivity index (χ1v) is 16.2. The van der Waals surface area contributed by atoms with Crippen LogP contribution in [0.4, 0.5) is 10.1 Å². The Hall–Kier alpha value is -2.98. The van der Waals surface area contributed by atoms with Crippen LogP contribution < -0.4 is 10.0 Å². The Morgan fingerprint density at radius 3 is 2.52 bits per heavy atom. The number of sulfonamides is 1. The number of amides is 1. The van der Waals surface area contributed by atoms with Gasteiger partial charge < -0.3 is 10.5 Å². The lowest BCUT2D eigenvalue weighted by Crippen LogP contribution is -2.57. The van der Waals surface area contributed by atoms with E-state index < -0.39 is 27.2 Å². The van der Waals surface area contributed by atoms with Gasteiger partial charge in [-0.1, -0.05) is 29.8 Å². The molecule has 10 heteroatoms. The topological polar surface area (TPSA) is 92.9 Å². The minimum absolute atomic E-state index is 0.0432. The van der Waals surface area contributed by atoms with Crippen molar-refractivity contribution in [3.63, 3.8) is 0 Å². The highest BCUT2D eigenvalue weighted by Crippen LogP contribution is 2.60. The van der Waals surface area contributed by atoms with Crippen LogP contribution in [0.15, 0.2) is 71.6 Å². The molecular formula is C32H35ClFN3O4S. The first-order chi connectivity index (χ1) is 20.2. The summed E-state index contributed by atoms with van der Waals surface area (Å²) in [7, 11) is -2.36. The lowest BCUT2D eigenvalue weighted by atomic mass is 9.65. The third-order valence-electron chi connectivity index (χ3n) is 9.27. The molecule has 3 aromatic carbocycles. The molecule has 7 nitrogen and oxygen atoms in total. The van der Waals surface area contributed by atoms with Crippen molar-refractivity contribution in [2.45, 2.75) is 54.5 Å². The van der Waals surface area contributed by atoms with Crippen LogP contribution in [0.3, 0.4) is 0 Å². The maximum atomic E-state index is 14.4. The lowest BCUT2D eigenvalue weighted by Gasteiger charge is -2.49. The lowest BCUT2D eigenvalue weighted by molar-refractivity contribution is 0.0551. The Kier molecular flexibility index (Phi) is 7.81. The summed E-state index contributed by atoms with van der Waals surface area (Å²) in [6.45, 7) is 2.04. The van der Waals surface area contributed by atoms with E-state index >= 15 is 0 Å². The van der Waals surface area contributed by atoms with Crippen molar-refractivity contribution >= 4 is 33.2 Å². The summed E-state index contributed by atoms with van der Waals surface area (Å²) in [6.07, 6.45) is 3.91. The van der Waals surface area contributed by atoms with Crippen LogP contribution in [0.1, 0.15) is 47.2 Å². The second-order valence-electron chi connectivity index (χ2n) is 11.7. The number of halogens is 2. The van der Waals surface area contributed by atoms with Crippen molar-refractivity contribution in [2.75, 3.05) is 31.1 Å². The fourth-order valence-corrected chi connectivity index (χ4v) is 9.19. The zero-order valence-corrected chi connectivity index (χ0v) is 25.1. The smallest absolute Gasteiger partial charge is 0.264 e. The number of hydrogen-bond acceptors (Lipinski definition) is 5. The van der Waals surface area contributed by atoms with Gasteiger partial charge in [-0.25, -0.2) is 12.8 Å². The number of carbonyl (C=O) groups excluding carboxylic acids is 1. The zero-order chi connectivity index (χ0) is 29.6. The van der Waals surface area contributed by atoms with Gasteiger partial charge in [0.25, 0.3) is 10.0 Å². The standard InChI is InChI=1S/C32H35ClFN3O4S/c1-41-17-16-36-15-14-32(20-25(36)18-22-4-2-3-5-28(22)33)27-19-23(31(35)38)8-13-29(27)37(30(32)21-6-7-21)42(39,40)26-11-9-24(34)10-12-26/h2-5,8-13,19,21,25,30H,6-7,14-18,20H2,1H3,(H2,35,38). The second-order valence-corrected chi connectivity index (χ2v) is 13.9. The molecule has 3 atom stereocenters. The molecule has 222 valence electrons. The quantitative estimate of drug-likeness (QED) is 0.361. The minimum atomic E-state index is -4.05. The third-order valence-corrected chi connectivity index (χ3v) is 11.4. The van der Waals surface area contributed by atoms with Gasteiger partial charge in [-0.15, -0.1) is 0 Å². The molecule has 1 saturated heterocycles. The van der Waals surface area contributed by atoms with Crippen LogP contribution in [0.2, 0.25) is 5.02 Å². The molecule has 1 aliphatic carbocycles. The summed E-state index contributed by atoms with van der Waals surface area (Å²) >= 11 is 6.63. The monoisotopic (exact) mass is 611 g/mol. The van der Waals surface area contributed by atoms with Crippen molar-refractivity contribution < 1.29 is 22.3 Å². The molecule has 2 fully saturated rings. The number of benzene rings is 3. The van der Waals surface area contributed by atoms with Crippen molar-refractivity contribution in [3.8, 4) is 0 Å². The summed E-state index contributed by atoms with van der Waals surface area (Å²) in [6, 6.07) is 17.7. The number of rotatable bonds is 9. The highest BCUT2D eigenvalue weighted by atomic mass is 35.5. The molecule has 3 unspecified atom stereocenters. The number of methoxy groups -OCH3 is 1. The molecule has 2 N–H and O–H groups in total. The van der Waals surface area contributed by atoms with Gasteiger partial charge in [0.05, 0.1) is 23.2 Å². The summed E-state index contributed by atoms with van der Waals surface area (Å²) in [4.78, 5) is 14.8. The van der Waals surface area contributed by atoms with Gasteiger partial charge in [-0.05, 0) is 104 Å². The van der Waals surface area contributed by atoms with Crippen LogP contribution >= 0.6 is 11.6 Å². The molecule has 0 aromatic heterocycles. The normalized spacial score (nSPS) is 24.2. The van der Waals surface area contributed by atoms with Gasteiger partial charge in [0.2, 0.25) is 5.91 Å². The van der Waals surface area contributed by atoms with E-state index in [0.29, 0.717) is 42.1 Å². The van der Waals surface area contributed by atoms with Gasteiger partial charge in [0.15, 0.2) is 0 Å². The molecule has 1 amide bonds. The Bertz CT molecular complexity index is 1600. The number of fused-ring (bicyclic) bond motifs is 2. The number of hydrogen-bond donors (Lipinski definition) is 1. The van der Waals surface area contributed by atoms with Crippen molar-refractivity contribution in [3.05, 3.63) is 94.3 Å². The molecule has 1 saturated carbocycles. The molecule has 6 rings (SSSR count). The molecule has 0 radical (unpaired) electrons. The van der Waals surface area contributed by atoms with E-state index in [1.54, 1.807) is 23.5 Å². The van der Waals surface area contributed by atoms with E-state index in [0.717, 1.165) is 37.1 Å². The number of nitrogens with zero attached hydrogens (tertiary/aromatic N) is 2. The molecule has 2 aliphatic heterocycles. The van der Waals surface area contributed by atoms with Crippen LogP contribution in [0, 0.1) is 11.7 Å². The fourth-order valence-electron chi connectivity index (χ4n) is 7.18. The summed E-state index contributed by atoms with van der Waals surface area (Å²) in [5.41, 5.74) is 7.99. The summed E-state index contributed by atoms with van der Waals surface area (Å²) in [5.74, 6) is -0.889. The van der Waals surface area contributed by atoms with Crippen LogP contribution in [0.25, 0.3) is 0 Å². The van der Waals surface area contributed by atoms with Crippen molar-refractivity contribution in [1.29, 1.82) is 0 Å². The average molecular weight is 612 g/mol. The van der Waals surface area contributed by atoms with Crippen molar-refractivity contribution in [2.24, 2.45) is 11.7 Å². The summed E-state index contributed by atoms with van der Waals surface area (Å²) in [5, 5.41) is 0.700. The molecule has 0 bridgehead atoms. The molecule has 1 spiro atoms. The van der Waals surface area contributed by atoms with Gasteiger partial charge in [-0.3, -0.25) is 14.0 Å². The SMILES string of the molecule is COCCN1CCC2(CC1Cc1ccccc1Cl)c1cc(C(N)=O)ccc1N(S(=O)(=O)c1ccc(F)cc1)C2C1CC1. The van der Waals surface area contributed by atoms with Gasteiger partial charge in [0, 0.05) is 35.7 Å². The minimum Gasteiger partial charge on any atom is -0.383 e. The number of piperidine rings is 1. The Labute approximate surface area is 251 Å². The number of anilines is 1. The second kappa shape index (κ2) is 11.3. The maximum absolute atomic E-state index is 14.4. The van der Waals surface area contributed by atoms with E-state index in [1.807, 2.05) is 30.3 Å². The van der Waals surface area contributed by atoms with E-state index in [9.17, 15) is 17.6 Å². The maximum Gasteiger partial charge on any atom is 0.264 e. The van der Waals surface area contributed by atoms with Crippen LogP contribution in [-0.4, -0.2) is 58.1 Å². The van der Waals surface area contributed by atoms with E-state index in [2.05, 4.69) is 4.90 Å². The van der Waals surface area contributed by atoms with E-state index in [-0.39, 0.29) is 22.9 Å². The highest BCUT2D eigenvalue weighted by Gasteiger charge is 2.61. The van der Waals surface area contributed by atoms with Gasteiger partial charge in [-0.2, -0.15) is 0 Å². The highest BCUT2D eigenvalue weighted by molar-refractivity contribution is 7.92. The van der Waals surface area contributed by atoms with E-state index in [1.165, 1.54) is 24.3 Å².